The van der Waals surface area contributed by atoms with Crippen LogP contribution < -0.4 is 10.6 Å². The molecule has 0 saturated carbocycles. The van der Waals surface area contributed by atoms with Crippen LogP contribution in [-0.4, -0.2) is 59.2 Å². The predicted octanol–water partition coefficient (Wildman–Crippen LogP) is 10.1. The van der Waals surface area contributed by atoms with Crippen LogP contribution >= 0.6 is 23.2 Å². The van der Waals surface area contributed by atoms with E-state index in [-0.39, 0.29) is 17.4 Å². The molecule has 0 fully saturated rings. The van der Waals surface area contributed by atoms with E-state index in [9.17, 15) is 24.3 Å². The Labute approximate surface area is 374 Å². The van der Waals surface area contributed by atoms with Gasteiger partial charge in [-0.3, -0.25) is 9.59 Å². The highest BCUT2D eigenvalue weighted by Crippen LogP contribution is 2.28. The number of nitrogens with one attached hydrogen (secondary N) is 2. The van der Waals surface area contributed by atoms with E-state index in [0.29, 0.717) is 58.5 Å². The highest BCUT2D eigenvalue weighted by molar-refractivity contribution is 6.31. The van der Waals surface area contributed by atoms with Crippen molar-refractivity contribution in [2.75, 3.05) is 21.2 Å². The summed E-state index contributed by atoms with van der Waals surface area (Å²) in [4.78, 5) is 48.9. The summed E-state index contributed by atoms with van der Waals surface area (Å²) in [6.45, 7) is 1.17. The fourth-order valence-electron chi connectivity index (χ4n) is 7.71. The Bertz CT molecular complexity index is 2980. The number of halogens is 2. The number of amides is 2. The van der Waals surface area contributed by atoms with Crippen molar-refractivity contribution < 1.29 is 29.0 Å². The number of benzene rings is 6. The van der Waals surface area contributed by atoms with Crippen LogP contribution in [0.5, 0.6) is 0 Å². The van der Waals surface area contributed by atoms with E-state index in [4.69, 9.17) is 27.9 Å². The van der Waals surface area contributed by atoms with Crippen LogP contribution in [0.25, 0.3) is 21.8 Å². The molecule has 0 radical (unpaired) electrons. The number of carbonyl (C=O) groups is 4. The van der Waals surface area contributed by atoms with Gasteiger partial charge in [-0.15, -0.1) is 0 Å². The summed E-state index contributed by atoms with van der Waals surface area (Å²) in [5.41, 5.74) is 9.45. The molecule has 0 spiro atoms. The van der Waals surface area contributed by atoms with Crippen LogP contribution in [0.3, 0.4) is 0 Å². The molecule has 0 atom stereocenters. The zero-order valence-corrected chi connectivity index (χ0v) is 36.3. The average molecular weight is 880 g/mol. The van der Waals surface area contributed by atoms with Crippen molar-refractivity contribution in [1.29, 1.82) is 0 Å². The summed E-state index contributed by atoms with van der Waals surface area (Å²) >= 11 is 12.0. The normalized spacial score (nSPS) is 10.9. The minimum absolute atomic E-state index is 0.135. The molecule has 12 heteroatoms. The standard InChI is InChI=1S/C26H23ClN2O3.C25H21ClN2O3/c1-28-25(30)24-14-20-13-18(12-19-9-10-21(27)15-22(19)26(31)32-2)8-11-23(20)29(24)16-17-6-4-3-5-7-17;1-27-24(29)23-13-19-12-17(11-18-8-9-20(26)14-21(18)25(30)31)7-10-22(19)28(23)15-16-5-3-2-4-6-16/h3-11,13-15H,12,16H2,1-2H3,(H,28,30);2-10,12-14H,11,15H2,1H3,(H,27,29)(H,30,31). The SMILES string of the molecule is CNC(=O)c1cc2cc(Cc3ccc(Cl)cc3C(=O)O)ccc2n1Cc1ccccc1.CNC(=O)c1cc2cc(Cc3ccc(Cl)cc3C(=O)OC)ccc2n1Cc1ccccc1. The smallest absolute Gasteiger partial charge is 0.338 e. The Balaban J connectivity index is 0.000000189. The van der Waals surface area contributed by atoms with Gasteiger partial charge in [0.2, 0.25) is 0 Å². The first kappa shape index (κ1) is 43.9. The summed E-state index contributed by atoms with van der Waals surface area (Å²) in [5.74, 6) is -1.71. The number of rotatable bonds is 12. The Morgan fingerprint density at radius 1 is 0.540 bits per heavy atom. The maximum Gasteiger partial charge on any atom is 0.338 e. The average Bonchev–Trinajstić information content (AvgIpc) is 3.84. The third-order valence-electron chi connectivity index (χ3n) is 10.8. The van der Waals surface area contributed by atoms with Crippen molar-refractivity contribution >= 4 is 68.8 Å². The monoisotopic (exact) mass is 878 g/mol. The summed E-state index contributed by atoms with van der Waals surface area (Å²) in [6.07, 6.45) is 0.991. The van der Waals surface area contributed by atoms with Gasteiger partial charge in [-0.1, -0.05) is 108 Å². The molecule has 8 aromatic rings. The zero-order valence-electron chi connectivity index (χ0n) is 34.8. The summed E-state index contributed by atoms with van der Waals surface area (Å²) in [7, 11) is 4.61. The molecule has 0 aliphatic carbocycles. The van der Waals surface area contributed by atoms with Gasteiger partial charge in [-0.25, -0.2) is 9.59 Å². The van der Waals surface area contributed by atoms with Crippen LogP contribution in [0.15, 0.2) is 146 Å². The molecule has 8 rings (SSSR count). The first-order valence-electron chi connectivity index (χ1n) is 20.1. The second-order valence-electron chi connectivity index (χ2n) is 14.9. The third-order valence-corrected chi connectivity index (χ3v) is 11.3. The van der Waals surface area contributed by atoms with E-state index in [2.05, 4.69) is 16.7 Å². The van der Waals surface area contributed by atoms with E-state index in [1.807, 2.05) is 118 Å². The number of carboxylic acids is 1. The largest absolute Gasteiger partial charge is 0.478 e. The number of fused-ring (bicyclic) bond motifs is 2. The number of esters is 1. The van der Waals surface area contributed by atoms with E-state index in [1.165, 1.54) is 13.2 Å². The minimum Gasteiger partial charge on any atom is -0.478 e. The van der Waals surface area contributed by atoms with Gasteiger partial charge in [0.25, 0.3) is 11.8 Å². The predicted molar refractivity (Wildman–Crippen MR) is 249 cm³/mol. The zero-order chi connectivity index (χ0) is 44.6. The van der Waals surface area contributed by atoms with Gasteiger partial charge >= 0.3 is 11.9 Å². The first-order valence-corrected chi connectivity index (χ1v) is 20.9. The molecule has 3 N–H and O–H groups in total. The molecule has 0 aliphatic rings. The Hall–Kier alpha value is -7.14. The van der Waals surface area contributed by atoms with Crippen molar-refractivity contribution in [2.45, 2.75) is 25.9 Å². The number of aromatic nitrogens is 2. The number of aromatic carboxylic acids is 1. The number of carbonyl (C=O) groups excluding carboxylic acids is 3. The van der Waals surface area contributed by atoms with Crippen molar-refractivity contribution in [3.8, 4) is 0 Å². The van der Waals surface area contributed by atoms with E-state index in [1.54, 1.807) is 38.4 Å². The van der Waals surface area contributed by atoms with Crippen molar-refractivity contribution in [2.24, 2.45) is 0 Å². The van der Waals surface area contributed by atoms with E-state index < -0.39 is 11.9 Å². The fraction of sp³-hybridized carbons (Fsp3) is 0.137. The van der Waals surface area contributed by atoms with E-state index >= 15 is 0 Å². The highest BCUT2D eigenvalue weighted by atomic mass is 35.5. The minimum atomic E-state index is -1.01. The van der Waals surface area contributed by atoms with Crippen molar-refractivity contribution in [1.82, 2.24) is 19.8 Å². The van der Waals surface area contributed by atoms with Crippen molar-refractivity contribution in [3.63, 3.8) is 0 Å². The van der Waals surface area contributed by atoms with Crippen LogP contribution in [0.1, 0.15) is 75.1 Å². The lowest BCUT2D eigenvalue weighted by atomic mass is 9.99. The van der Waals surface area contributed by atoms with E-state index in [0.717, 1.165) is 49.6 Å². The number of hydrogen-bond acceptors (Lipinski definition) is 5. The molecule has 0 aliphatic heterocycles. The van der Waals surface area contributed by atoms with Crippen LogP contribution in [0.4, 0.5) is 0 Å². The molecule has 318 valence electrons. The quantitative estimate of drug-likeness (QED) is 0.105. The second-order valence-corrected chi connectivity index (χ2v) is 15.8. The lowest BCUT2D eigenvalue weighted by molar-refractivity contribution is 0.0598. The summed E-state index contributed by atoms with van der Waals surface area (Å²) in [6, 6.07) is 46.0. The van der Waals surface area contributed by atoms with Gasteiger partial charge in [0.1, 0.15) is 11.4 Å². The fourth-order valence-corrected chi connectivity index (χ4v) is 8.05. The maximum absolute atomic E-state index is 12.6. The van der Waals surface area contributed by atoms with Gasteiger partial charge in [0.15, 0.2) is 0 Å². The van der Waals surface area contributed by atoms with Crippen LogP contribution in [-0.2, 0) is 30.7 Å². The number of ether oxygens (including phenoxy) is 1. The number of carboxylic acid groups (broad SMARTS) is 1. The van der Waals surface area contributed by atoms with Gasteiger partial charge in [0, 0.05) is 59.0 Å². The number of hydrogen-bond donors (Lipinski definition) is 3. The summed E-state index contributed by atoms with van der Waals surface area (Å²) in [5, 5.41) is 17.7. The topological polar surface area (TPSA) is 132 Å². The molecule has 0 bridgehead atoms. The molecule has 6 aromatic carbocycles. The van der Waals surface area contributed by atoms with Crippen LogP contribution in [0.2, 0.25) is 10.0 Å². The molecule has 10 nitrogen and oxygen atoms in total. The molecule has 2 amide bonds. The molecular formula is C51H44Cl2N4O6. The van der Waals surface area contributed by atoms with Gasteiger partial charge < -0.3 is 29.6 Å². The molecule has 0 saturated heterocycles. The Morgan fingerprint density at radius 2 is 0.968 bits per heavy atom. The van der Waals surface area contributed by atoms with Crippen LogP contribution in [0, 0.1) is 0 Å². The number of methoxy groups -OCH3 is 1. The molecule has 2 aromatic heterocycles. The summed E-state index contributed by atoms with van der Waals surface area (Å²) < 4.78 is 8.93. The van der Waals surface area contributed by atoms with Crippen molar-refractivity contribution in [3.05, 3.63) is 212 Å². The second kappa shape index (κ2) is 19.7. The lowest BCUT2D eigenvalue weighted by Crippen LogP contribution is -2.21. The van der Waals surface area contributed by atoms with Gasteiger partial charge in [-0.2, -0.15) is 0 Å². The number of nitrogens with zero attached hydrogens (tertiary/aromatic N) is 2. The molecular weight excluding hydrogens is 835 g/mol. The van der Waals surface area contributed by atoms with Gasteiger partial charge in [-0.05, 0) is 107 Å². The molecule has 2 heterocycles. The lowest BCUT2D eigenvalue weighted by Gasteiger charge is -2.11. The molecule has 0 unspecified atom stereocenters. The Kier molecular flexibility index (Phi) is 13.7. The van der Waals surface area contributed by atoms with Gasteiger partial charge in [0.05, 0.1) is 18.2 Å². The third kappa shape index (κ3) is 10.2. The Morgan fingerprint density at radius 3 is 1.38 bits per heavy atom. The maximum atomic E-state index is 12.6. The highest BCUT2D eigenvalue weighted by Gasteiger charge is 2.19. The molecule has 63 heavy (non-hydrogen) atoms. The first-order chi connectivity index (χ1) is 30.5.